The second-order valence-electron chi connectivity index (χ2n) is 8.73. The molecule has 1 amide bonds. The van der Waals surface area contributed by atoms with Crippen LogP contribution in [0, 0.1) is 0 Å². The first-order chi connectivity index (χ1) is 17.5. The molecule has 0 spiro atoms. The molecule has 2 heterocycles. The molecule has 36 heavy (non-hydrogen) atoms. The van der Waals surface area contributed by atoms with Crippen molar-refractivity contribution < 1.29 is 28.9 Å². The first-order valence-electron chi connectivity index (χ1n) is 12.6. The molecule has 0 aliphatic carbocycles. The van der Waals surface area contributed by atoms with Gasteiger partial charge in [-0.05, 0) is 68.9 Å². The minimum Gasteiger partial charge on any atom is -0.507 e. The molecule has 1 atom stereocenters. The van der Waals surface area contributed by atoms with Gasteiger partial charge in [-0.15, -0.1) is 0 Å². The Morgan fingerprint density at radius 1 is 1.03 bits per heavy atom. The number of Topliss-reactive ketones (excluding diaryl/α,β-unsaturated/α-hetero) is 1. The average Bonchev–Trinajstić information content (AvgIpc) is 3.16. The Labute approximate surface area is 212 Å². The van der Waals surface area contributed by atoms with Gasteiger partial charge in [0, 0.05) is 12.1 Å². The molecule has 0 aromatic heterocycles. The van der Waals surface area contributed by atoms with E-state index in [4.69, 9.17) is 14.2 Å². The summed E-state index contributed by atoms with van der Waals surface area (Å²) in [6.07, 6.45) is 0.715. The Morgan fingerprint density at radius 3 is 2.39 bits per heavy atom. The molecule has 0 unspecified atom stereocenters. The van der Waals surface area contributed by atoms with Crippen LogP contribution in [-0.4, -0.2) is 72.6 Å². The zero-order valence-electron chi connectivity index (χ0n) is 21.2. The lowest BCUT2D eigenvalue weighted by molar-refractivity contribution is -0.140. The van der Waals surface area contributed by atoms with Crippen molar-refractivity contribution in [1.29, 1.82) is 0 Å². The van der Waals surface area contributed by atoms with Crippen molar-refractivity contribution in [2.75, 3.05) is 46.0 Å². The van der Waals surface area contributed by atoms with Gasteiger partial charge < -0.3 is 29.1 Å². The second kappa shape index (κ2) is 11.5. The maximum Gasteiger partial charge on any atom is 0.295 e. The van der Waals surface area contributed by atoms with E-state index in [0.29, 0.717) is 55.6 Å². The number of ether oxygens (including phenoxy) is 3. The number of likely N-dealkylation sites (tertiary alicyclic amines) is 1. The Hall–Kier alpha value is -3.52. The fourth-order valence-corrected chi connectivity index (χ4v) is 4.72. The van der Waals surface area contributed by atoms with E-state index in [2.05, 4.69) is 18.7 Å². The molecule has 8 nitrogen and oxygen atoms in total. The van der Waals surface area contributed by atoms with Gasteiger partial charge in [-0.3, -0.25) is 9.59 Å². The molecule has 0 radical (unpaired) electrons. The van der Waals surface area contributed by atoms with E-state index in [1.54, 1.807) is 23.1 Å². The first kappa shape index (κ1) is 25.6. The third kappa shape index (κ3) is 5.18. The van der Waals surface area contributed by atoms with Gasteiger partial charge in [0.1, 0.15) is 24.7 Å². The zero-order valence-corrected chi connectivity index (χ0v) is 21.2. The van der Waals surface area contributed by atoms with E-state index in [1.807, 2.05) is 31.2 Å². The largest absolute Gasteiger partial charge is 0.507 e. The number of carbonyl (C=O) groups excluding carboxylic acids is 2. The van der Waals surface area contributed by atoms with Crippen LogP contribution >= 0.6 is 0 Å². The molecule has 0 bridgehead atoms. The van der Waals surface area contributed by atoms with E-state index >= 15 is 0 Å². The van der Waals surface area contributed by atoms with Crippen LogP contribution in [0.15, 0.2) is 48.0 Å². The van der Waals surface area contributed by atoms with Crippen molar-refractivity contribution in [2.24, 2.45) is 0 Å². The maximum atomic E-state index is 13.3. The van der Waals surface area contributed by atoms with Gasteiger partial charge >= 0.3 is 0 Å². The van der Waals surface area contributed by atoms with Crippen molar-refractivity contribution in [3.8, 4) is 17.2 Å². The van der Waals surface area contributed by atoms with Gasteiger partial charge in [0.15, 0.2) is 11.5 Å². The maximum absolute atomic E-state index is 13.3. The van der Waals surface area contributed by atoms with E-state index in [-0.39, 0.29) is 11.3 Å². The highest BCUT2D eigenvalue weighted by molar-refractivity contribution is 6.46. The molecule has 2 aliphatic rings. The number of amides is 1. The Balaban J connectivity index is 1.72. The lowest BCUT2D eigenvalue weighted by Gasteiger charge is -2.27. The Kier molecular flexibility index (Phi) is 8.15. The molecule has 0 saturated carbocycles. The van der Waals surface area contributed by atoms with Crippen molar-refractivity contribution in [3.05, 3.63) is 59.2 Å². The fraction of sp³-hybridized carbons (Fsp3) is 0.429. The summed E-state index contributed by atoms with van der Waals surface area (Å²) >= 11 is 0. The number of carbonyl (C=O) groups is 2. The third-order valence-corrected chi connectivity index (χ3v) is 6.63. The van der Waals surface area contributed by atoms with Crippen LogP contribution in [-0.2, 0) is 9.59 Å². The number of benzene rings is 2. The number of rotatable bonds is 10. The van der Waals surface area contributed by atoms with Crippen LogP contribution in [0.25, 0.3) is 5.76 Å². The lowest BCUT2D eigenvalue weighted by atomic mass is 9.95. The van der Waals surface area contributed by atoms with Crippen molar-refractivity contribution in [3.63, 3.8) is 0 Å². The number of hydrogen-bond acceptors (Lipinski definition) is 7. The number of nitrogens with zero attached hydrogens (tertiary/aromatic N) is 2. The summed E-state index contributed by atoms with van der Waals surface area (Å²) in [6, 6.07) is 11.6. The van der Waals surface area contributed by atoms with E-state index in [9.17, 15) is 14.7 Å². The summed E-state index contributed by atoms with van der Waals surface area (Å²) in [5, 5.41) is 11.3. The minimum atomic E-state index is -0.703. The highest BCUT2D eigenvalue weighted by atomic mass is 16.6. The van der Waals surface area contributed by atoms with Gasteiger partial charge in [-0.1, -0.05) is 26.0 Å². The SMILES string of the molecule is CCOc1ccc([C@@H]2/C(=C(\O)c3ccc4c(c3)OCCO4)C(=O)C(=O)N2CCCN(CC)CC)cc1. The molecule has 4 rings (SSSR count). The molecular weight excluding hydrogens is 460 g/mol. The fourth-order valence-electron chi connectivity index (χ4n) is 4.72. The molecule has 8 heteroatoms. The number of hydrogen-bond donors (Lipinski definition) is 1. The Bertz CT molecular complexity index is 1120. The van der Waals surface area contributed by atoms with Crippen LogP contribution < -0.4 is 14.2 Å². The molecule has 2 aromatic rings. The van der Waals surface area contributed by atoms with Crippen LogP contribution in [0.2, 0.25) is 0 Å². The van der Waals surface area contributed by atoms with Crippen LogP contribution in [0.3, 0.4) is 0 Å². The quantitative estimate of drug-likeness (QED) is 0.303. The zero-order chi connectivity index (χ0) is 25.7. The minimum absolute atomic E-state index is 0.0728. The van der Waals surface area contributed by atoms with Crippen molar-refractivity contribution >= 4 is 17.4 Å². The predicted molar refractivity (Wildman–Crippen MR) is 136 cm³/mol. The number of aliphatic hydroxyl groups is 1. The third-order valence-electron chi connectivity index (χ3n) is 6.63. The number of fused-ring (bicyclic) bond motifs is 1. The number of ketones is 1. The highest BCUT2D eigenvalue weighted by Gasteiger charge is 2.45. The molecule has 1 fully saturated rings. The molecule has 2 aliphatic heterocycles. The van der Waals surface area contributed by atoms with Crippen LogP contribution in [0.1, 0.15) is 44.4 Å². The molecule has 192 valence electrons. The molecule has 1 saturated heterocycles. The van der Waals surface area contributed by atoms with E-state index < -0.39 is 17.7 Å². The van der Waals surface area contributed by atoms with Crippen LogP contribution in [0.4, 0.5) is 0 Å². The highest BCUT2D eigenvalue weighted by Crippen LogP contribution is 2.41. The van der Waals surface area contributed by atoms with E-state index in [0.717, 1.165) is 25.2 Å². The van der Waals surface area contributed by atoms with Crippen molar-refractivity contribution in [1.82, 2.24) is 9.80 Å². The molecule has 1 N–H and O–H groups in total. The van der Waals surface area contributed by atoms with Crippen molar-refractivity contribution in [2.45, 2.75) is 33.2 Å². The van der Waals surface area contributed by atoms with E-state index in [1.165, 1.54) is 0 Å². The molecule has 2 aromatic carbocycles. The normalized spacial score (nSPS) is 18.7. The summed E-state index contributed by atoms with van der Waals surface area (Å²) in [6.45, 7) is 10.6. The summed E-state index contributed by atoms with van der Waals surface area (Å²) in [7, 11) is 0. The summed E-state index contributed by atoms with van der Waals surface area (Å²) in [4.78, 5) is 30.3. The topological polar surface area (TPSA) is 88.5 Å². The van der Waals surface area contributed by atoms with Crippen LogP contribution in [0.5, 0.6) is 17.2 Å². The molecular formula is C28H34N2O6. The lowest BCUT2D eigenvalue weighted by Crippen LogP contribution is -2.33. The standard InChI is InChI=1S/C28H34N2O6/c1-4-29(5-2)14-7-15-30-25(19-8-11-21(12-9-19)34-6-3)24(27(32)28(30)33)26(31)20-10-13-22-23(18-20)36-17-16-35-22/h8-13,18,25,31H,4-7,14-17H2,1-3H3/b26-24+/t25-/m1/s1. The first-order valence-corrected chi connectivity index (χ1v) is 12.6. The summed E-state index contributed by atoms with van der Waals surface area (Å²) in [5.74, 6) is 0.257. The van der Waals surface area contributed by atoms with Gasteiger partial charge in [0.2, 0.25) is 0 Å². The monoisotopic (exact) mass is 494 g/mol. The van der Waals surface area contributed by atoms with Gasteiger partial charge in [-0.25, -0.2) is 0 Å². The Morgan fingerprint density at radius 2 is 1.72 bits per heavy atom. The predicted octanol–water partition coefficient (Wildman–Crippen LogP) is 4.01. The average molecular weight is 495 g/mol. The second-order valence-corrected chi connectivity index (χ2v) is 8.73. The summed E-state index contributed by atoms with van der Waals surface area (Å²) in [5.41, 5.74) is 1.21. The van der Waals surface area contributed by atoms with Gasteiger partial charge in [-0.2, -0.15) is 0 Å². The van der Waals surface area contributed by atoms with Gasteiger partial charge in [0.25, 0.3) is 11.7 Å². The summed E-state index contributed by atoms with van der Waals surface area (Å²) < 4.78 is 16.8. The number of aliphatic hydroxyl groups excluding tert-OH is 1. The van der Waals surface area contributed by atoms with Gasteiger partial charge in [0.05, 0.1) is 18.2 Å². The smallest absolute Gasteiger partial charge is 0.295 e.